The molecule has 3 rings (SSSR count). The summed E-state index contributed by atoms with van der Waals surface area (Å²) >= 11 is 0. The van der Waals surface area contributed by atoms with Crippen LogP contribution in [-0.4, -0.2) is 43.0 Å². The summed E-state index contributed by atoms with van der Waals surface area (Å²) in [5, 5.41) is 2.83. The maximum atomic E-state index is 13.7. The highest BCUT2D eigenvalue weighted by Crippen LogP contribution is 2.18. The lowest BCUT2D eigenvalue weighted by Crippen LogP contribution is -2.47. The van der Waals surface area contributed by atoms with E-state index >= 15 is 0 Å². The van der Waals surface area contributed by atoms with Crippen molar-refractivity contribution in [1.82, 2.24) is 10.2 Å². The quantitative estimate of drug-likeness (QED) is 0.850. The Balaban J connectivity index is 1.68. The summed E-state index contributed by atoms with van der Waals surface area (Å²) in [6, 6.07) is 14.8. The van der Waals surface area contributed by atoms with Crippen LogP contribution in [0, 0.1) is 5.82 Å². The van der Waals surface area contributed by atoms with E-state index in [1.165, 1.54) is 6.07 Å². The first kappa shape index (κ1) is 19.0. The van der Waals surface area contributed by atoms with Crippen LogP contribution in [0.4, 0.5) is 4.39 Å². The topological polar surface area (TPSA) is 58.6 Å². The van der Waals surface area contributed by atoms with Gasteiger partial charge in [-0.05, 0) is 23.6 Å². The average Bonchev–Trinajstić information content (AvgIpc) is 2.72. The zero-order chi connectivity index (χ0) is 19.1. The molecule has 5 nitrogen and oxygen atoms in total. The van der Waals surface area contributed by atoms with E-state index in [0.717, 1.165) is 5.56 Å². The van der Waals surface area contributed by atoms with Crippen LogP contribution in [0.25, 0.3) is 0 Å². The van der Waals surface area contributed by atoms with Crippen molar-refractivity contribution in [3.8, 4) is 0 Å². The first-order chi connectivity index (χ1) is 13.1. The highest BCUT2D eigenvalue weighted by molar-refractivity contribution is 5.88. The highest BCUT2D eigenvalue weighted by atomic mass is 19.1. The molecular formula is C21H23FN2O3. The van der Waals surface area contributed by atoms with Crippen molar-refractivity contribution in [3.05, 3.63) is 71.5 Å². The number of hydrogen-bond acceptors (Lipinski definition) is 3. The second kappa shape index (κ2) is 9.28. The van der Waals surface area contributed by atoms with Gasteiger partial charge in [-0.15, -0.1) is 0 Å². The van der Waals surface area contributed by atoms with Gasteiger partial charge in [-0.2, -0.15) is 0 Å². The molecule has 6 heteroatoms. The number of ether oxygens (including phenoxy) is 1. The van der Waals surface area contributed by atoms with Gasteiger partial charge in [0.1, 0.15) is 11.9 Å². The number of morpholine rings is 1. The van der Waals surface area contributed by atoms with Gasteiger partial charge in [0.2, 0.25) is 11.8 Å². The SMILES string of the molecule is O=C(CCc1ccccc1F)NC(C(=O)N1CCOCC1)c1ccccc1. The Kier molecular flexibility index (Phi) is 6.54. The van der Waals surface area contributed by atoms with Crippen LogP contribution in [0.15, 0.2) is 54.6 Å². The maximum Gasteiger partial charge on any atom is 0.249 e. The van der Waals surface area contributed by atoms with Gasteiger partial charge < -0.3 is 15.0 Å². The van der Waals surface area contributed by atoms with Crippen LogP contribution in [0.1, 0.15) is 23.6 Å². The van der Waals surface area contributed by atoms with Crippen molar-refractivity contribution >= 4 is 11.8 Å². The maximum absolute atomic E-state index is 13.7. The van der Waals surface area contributed by atoms with Gasteiger partial charge in [0, 0.05) is 19.5 Å². The summed E-state index contributed by atoms with van der Waals surface area (Å²) in [5.74, 6) is -0.758. The summed E-state index contributed by atoms with van der Waals surface area (Å²) in [7, 11) is 0. The molecule has 1 fully saturated rings. The Morgan fingerprint density at radius 3 is 2.41 bits per heavy atom. The number of benzene rings is 2. The van der Waals surface area contributed by atoms with Gasteiger partial charge in [0.05, 0.1) is 13.2 Å². The van der Waals surface area contributed by atoms with Gasteiger partial charge in [-0.3, -0.25) is 9.59 Å². The summed E-state index contributed by atoms with van der Waals surface area (Å²) in [4.78, 5) is 27.1. The van der Waals surface area contributed by atoms with Crippen molar-refractivity contribution in [2.45, 2.75) is 18.9 Å². The molecule has 2 amide bonds. The number of nitrogens with one attached hydrogen (secondary N) is 1. The lowest BCUT2D eigenvalue weighted by molar-refractivity contribution is -0.140. The minimum absolute atomic E-state index is 0.112. The number of carbonyl (C=O) groups excluding carboxylic acids is 2. The molecule has 27 heavy (non-hydrogen) atoms. The second-order valence-electron chi connectivity index (χ2n) is 6.44. The molecule has 1 aliphatic rings. The predicted octanol–water partition coefficient (Wildman–Crippen LogP) is 2.47. The molecule has 0 radical (unpaired) electrons. The average molecular weight is 370 g/mol. The molecule has 0 spiro atoms. The fraction of sp³-hybridized carbons (Fsp3) is 0.333. The monoisotopic (exact) mass is 370 g/mol. The molecular weight excluding hydrogens is 347 g/mol. The minimum atomic E-state index is -0.752. The molecule has 1 unspecified atom stereocenters. The van der Waals surface area contributed by atoms with E-state index in [0.29, 0.717) is 31.9 Å². The number of nitrogens with zero attached hydrogens (tertiary/aromatic N) is 1. The van der Waals surface area contributed by atoms with Crippen LogP contribution in [0.2, 0.25) is 0 Å². The normalized spacial score (nSPS) is 15.2. The molecule has 2 aromatic rings. The second-order valence-corrected chi connectivity index (χ2v) is 6.44. The summed E-state index contributed by atoms with van der Waals surface area (Å²) < 4.78 is 19.0. The predicted molar refractivity (Wildman–Crippen MR) is 99.4 cm³/mol. The van der Waals surface area contributed by atoms with E-state index in [1.807, 2.05) is 30.3 Å². The van der Waals surface area contributed by atoms with Crippen LogP contribution < -0.4 is 5.32 Å². The number of hydrogen-bond donors (Lipinski definition) is 1. The van der Waals surface area contributed by atoms with Gasteiger partial charge in [0.25, 0.3) is 0 Å². The molecule has 1 saturated heterocycles. The third-order valence-electron chi connectivity index (χ3n) is 4.59. The van der Waals surface area contributed by atoms with Crippen LogP contribution >= 0.6 is 0 Å². The third-order valence-corrected chi connectivity index (χ3v) is 4.59. The minimum Gasteiger partial charge on any atom is -0.378 e. The Labute approximate surface area is 158 Å². The molecule has 1 N–H and O–H groups in total. The molecule has 0 aliphatic carbocycles. The molecule has 142 valence electrons. The zero-order valence-corrected chi connectivity index (χ0v) is 15.1. The van der Waals surface area contributed by atoms with Crippen molar-refractivity contribution in [2.75, 3.05) is 26.3 Å². The van der Waals surface area contributed by atoms with Crippen molar-refractivity contribution in [2.24, 2.45) is 0 Å². The number of aryl methyl sites for hydroxylation is 1. The molecule has 1 aliphatic heterocycles. The Morgan fingerprint density at radius 1 is 1.04 bits per heavy atom. The summed E-state index contributed by atoms with van der Waals surface area (Å²) in [6.45, 7) is 2.00. The molecule has 0 bridgehead atoms. The first-order valence-electron chi connectivity index (χ1n) is 9.09. The Morgan fingerprint density at radius 2 is 1.70 bits per heavy atom. The van der Waals surface area contributed by atoms with E-state index < -0.39 is 6.04 Å². The van der Waals surface area contributed by atoms with Crippen LogP contribution in [0.3, 0.4) is 0 Å². The van der Waals surface area contributed by atoms with Gasteiger partial charge in [-0.1, -0.05) is 48.5 Å². The molecule has 1 heterocycles. The van der Waals surface area contributed by atoms with Gasteiger partial charge in [0.15, 0.2) is 0 Å². The fourth-order valence-corrected chi connectivity index (χ4v) is 3.08. The molecule has 0 saturated carbocycles. The number of halogens is 1. The van der Waals surface area contributed by atoms with Gasteiger partial charge >= 0.3 is 0 Å². The molecule has 1 atom stereocenters. The lowest BCUT2D eigenvalue weighted by atomic mass is 10.0. The van der Waals surface area contributed by atoms with Crippen LogP contribution in [-0.2, 0) is 20.7 Å². The first-order valence-corrected chi connectivity index (χ1v) is 9.09. The van der Waals surface area contributed by atoms with Crippen molar-refractivity contribution in [3.63, 3.8) is 0 Å². The van der Waals surface area contributed by atoms with E-state index in [1.54, 1.807) is 23.1 Å². The van der Waals surface area contributed by atoms with Crippen LogP contribution in [0.5, 0.6) is 0 Å². The fourth-order valence-electron chi connectivity index (χ4n) is 3.08. The largest absolute Gasteiger partial charge is 0.378 e. The molecule has 2 aromatic carbocycles. The standard InChI is InChI=1S/C21H23FN2O3/c22-18-9-5-4-6-16(18)10-11-19(25)23-20(17-7-2-1-3-8-17)21(26)24-12-14-27-15-13-24/h1-9,20H,10-15H2,(H,23,25). The lowest BCUT2D eigenvalue weighted by Gasteiger charge is -2.31. The number of rotatable bonds is 6. The Bertz CT molecular complexity index is 776. The summed E-state index contributed by atoms with van der Waals surface area (Å²) in [6.07, 6.45) is 0.395. The third kappa shape index (κ3) is 5.14. The highest BCUT2D eigenvalue weighted by Gasteiger charge is 2.28. The number of carbonyl (C=O) groups is 2. The van der Waals surface area contributed by atoms with Crippen molar-refractivity contribution in [1.29, 1.82) is 0 Å². The molecule has 0 aromatic heterocycles. The smallest absolute Gasteiger partial charge is 0.249 e. The number of amides is 2. The Hall–Kier alpha value is -2.73. The van der Waals surface area contributed by atoms with E-state index in [9.17, 15) is 14.0 Å². The van der Waals surface area contributed by atoms with E-state index in [4.69, 9.17) is 4.74 Å². The van der Waals surface area contributed by atoms with Gasteiger partial charge in [-0.25, -0.2) is 4.39 Å². The van der Waals surface area contributed by atoms with E-state index in [2.05, 4.69) is 5.32 Å². The zero-order valence-electron chi connectivity index (χ0n) is 15.1. The summed E-state index contributed by atoms with van der Waals surface area (Å²) in [5.41, 5.74) is 1.22. The van der Waals surface area contributed by atoms with Crippen molar-refractivity contribution < 1.29 is 18.7 Å². The van der Waals surface area contributed by atoms with E-state index in [-0.39, 0.29) is 30.5 Å².